The Labute approximate surface area is 258 Å². The number of aromatic nitrogens is 1. The molecule has 1 saturated heterocycles. The molecule has 0 amide bonds. The molecule has 1 saturated carbocycles. The predicted molar refractivity (Wildman–Crippen MR) is 158 cm³/mol. The van der Waals surface area contributed by atoms with Crippen LogP contribution in [-0.2, 0) is 32.0 Å². The summed E-state index contributed by atoms with van der Waals surface area (Å²) in [5.41, 5.74) is -0.878. The topological polar surface area (TPSA) is 147 Å². The van der Waals surface area contributed by atoms with E-state index in [1.807, 2.05) is 6.07 Å². The van der Waals surface area contributed by atoms with Gasteiger partial charge in [0.1, 0.15) is 0 Å². The molecule has 4 heterocycles. The zero-order valence-electron chi connectivity index (χ0n) is 25.2. The van der Waals surface area contributed by atoms with Gasteiger partial charge < -0.3 is 33.5 Å². The molecule has 2 aromatic carbocycles. The minimum atomic E-state index is -2.51. The number of nitrogens with zero attached hydrogens (tertiary/aromatic N) is 2. The number of carbonyl (C=O) groups excluding carboxylic acids is 3. The van der Waals surface area contributed by atoms with E-state index in [2.05, 4.69) is 36.1 Å². The monoisotopic (exact) mass is 620 g/mol. The van der Waals surface area contributed by atoms with E-state index >= 15 is 0 Å². The molecule has 0 spiro atoms. The van der Waals surface area contributed by atoms with Crippen molar-refractivity contribution >= 4 is 29.0 Å². The van der Waals surface area contributed by atoms with Crippen molar-refractivity contribution in [3.63, 3.8) is 0 Å². The van der Waals surface area contributed by atoms with Crippen LogP contribution in [0.1, 0.15) is 63.0 Å². The maximum absolute atomic E-state index is 13.0. The van der Waals surface area contributed by atoms with E-state index < -0.39 is 42.1 Å². The second kappa shape index (κ2) is 11.1. The molecule has 1 atom stereocenters. The molecule has 3 aromatic rings. The molecule has 3 aliphatic heterocycles. The molecule has 4 aliphatic rings. The first-order valence-electron chi connectivity index (χ1n) is 15.6. The molecule has 12 nitrogen and oxygen atoms in total. The van der Waals surface area contributed by atoms with E-state index in [9.17, 15) is 24.3 Å². The Morgan fingerprint density at radius 3 is 2.36 bits per heavy atom. The molecule has 12 heteroatoms. The van der Waals surface area contributed by atoms with Crippen LogP contribution >= 0.6 is 0 Å². The maximum Gasteiger partial charge on any atom is 0.454 e. The quantitative estimate of drug-likeness (QED) is 0.278. The highest BCUT2D eigenvalue weighted by atomic mass is 16.7. The Bertz CT molecular complexity index is 1710. The largest absolute Gasteiger partial charge is 0.454 e. The summed E-state index contributed by atoms with van der Waals surface area (Å²) in [6, 6.07) is 12.1. The van der Waals surface area contributed by atoms with Crippen molar-refractivity contribution in [2.24, 2.45) is 5.41 Å². The van der Waals surface area contributed by atoms with Crippen LogP contribution < -0.4 is 20.1 Å². The molecule has 2 fully saturated rings. The van der Waals surface area contributed by atoms with Gasteiger partial charge in [-0.1, -0.05) is 35.1 Å². The van der Waals surface area contributed by atoms with E-state index in [-0.39, 0.29) is 33.6 Å². The zero-order chi connectivity index (χ0) is 31.4. The van der Waals surface area contributed by atoms with Gasteiger partial charge in [-0.15, -0.1) is 0 Å². The summed E-state index contributed by atoms with van der Waals surface area (Å²) in [7, 11) is 0. The van der Waals surface area contributed by atoms with Gasteiger partial charge in [0, 0.05) is 24.1 Å². The van der Waals surface area contributed by atoms with Crippen LogP contribution in [0.4, 0.5) is 0 Å². The number of aliphatic hydroxyl groups is 1. The van der Waals surface area contributed by atoms with E-state index in [0.717, 1.165) is 51.6 Å². The minimum absolute atomic E-state index is 0.0117. The second-order valence-electron chi connectivity index (χ2n) is 12.7. The fraction of sp³-hybridized carbons (Fsp3) is 0.515. The number of oxazole rings is 1. The average molecular weight is 621 g/mol. The number of benzene rings is 2. The van der Waals surface area contributed by atoms with Crippen LogP contribution in [0.3, 0.4) is 0 Å². The molecule has 0 radical (unpaired) electrons. The Hall–Kier alpha value is -4.00. The third-order valence-corrected chi connectivity index (χ3v) is 10.0. The molecular formula is C33H36N2O10. The molecule has 1 unspecified atom stereocenters. The summed E-state index contributed by atoms with van der Waals surface area (Å²) in [6.45, 7) is 5.08. The lowest BCUT2D eigenvalue weighted by atomic mass is 9.68. The summed E-state index contributed by atoms with van der Waals surface area (Å²) in [4.78, 5) is 58.6. The molecule has 7 rings (SSSR count). The van der Waals surface area contributed by atoms with E-state index in [1.54, 1.807) is 0 Å². The van der Waals surface area contributed by atoms with Gasteiger partial charge in [-0.2, -0.15) is 0 Å². The van der Waals surface area contributed by atoms with Crippen LogP contribution in [0.25, 0.3) is 11.1 Å². The molecule has 2 bridgehead atoms. The number of carbonyl (C=O) groups is 3. The van der Waals surface area contributed by atoms with Crippen molar-refractivity contribution in [1.82, 2.24) is 9.63 Å². The van der Waals surface area contributed by atoms with Crippen molar-refractivity contribution in [2.75, 3.05) is 26.2 Å². The van der Waals surface area contributed by atoms with Gasteiger partial charge in [-0.05, 0) is 76.6 Å². The molecule has 1 N–H and O–H groups in total. The van der Waals surface area contributed by atoms with Crippen molar-refractivity contribution in [2.45, 2.75) is 75.9 Å². The number of piperidine rings is 1. The molecule has 1 aliphatic carbocycles. The summed E-state index contributed by atoms with van der Waals surface area (Å²) in [5.74, 6) is -4.67. The Balaban J connectivity index is 1.14. The van der Waals surface area contributed by atoms with Crippen molar-refractivity contribution in [3.05, 3.63) is 58.1 Å². The second-order valence-corrected chi connectivity index (χ2v) is 12.7. The number of aryl methyl sites for hydroxylation is 1. The summed E-state index contributed by atoms with van der Waals surface area (Å²) >= 11 is 0. The number of likely N-dealkylation sites (tertiary alicyclic amines) is 1. The average Bonchev–Trinajstić information content (AvgIpc) is 3.74. The van der Waals surface area contributed by atoms with Gasteiger partial charge in [0.25, 0.3) is 0 Å². The molecule has 45 heavy (non-hydrogen) atoms. The third-order valence-electron chi connectivity index (χ3n) is 10.0. The lowest BCUT2D eigenvalue weighted by Gasteiger charge is -2.47. The SMILES string of the molecule is CCOC1(C2(CCc3ccccc3)CCN(CCc3cc4oc(=O)n5c4c4c3OC(=O)CC(O)(CC(=O)O5)C(=O)O4)CC2)CC1. The smallest absolute Gasteiger partial charge is 0.422 e. The lowest BCUT2D eigenvalue weighted by Crippen LogP contribution is -2.49. The van der Waals surface area contributed by atoms with Gasteiger partial charge in [0.05, 0.1) is 18.4 Å². The molecular weight excluding hydrogens is 584 g/mol. The van der Waals surface area contributed by atoms with Crippen molar-refractivity contribution < 1.29 is 43.0 Å². The molecule has 238 valence electrons. The normalized spacial score (nSPS) is 23.8. The van der Waals surface area contributed by atoms with Gasteiger partial charge in [-0.3, -0.25) is 4.79 Å². The number of fused-ring (bicyclic) bond motifs is 2. The lowest BCUT2D eigenvalue weighted by molar-refractivity contribution is -0.170. The van der Waals surface area contributed by atoms with Gasteiger partial charge >= 0.3 is 23.7 Å². The van der Waals surface area contributed by atoms with E-state index in [1.165, 1.54) is 11.6 Å². The highest BCUT2D eigenvalue weighted by molar-refractivity contribution is 5.97. The van der Waals surface area contributed by atoms with Gasteiger partial charge in [0.2, 0.25) is 5.75 Å². The van der Waals surface area contributed by atoms with E-state index in [4.69, 9.17) is 23.5 Å². The zero-order valence-corrected chi connectivity index (χ0v) is 25.2. The van der Waals surface area contributed by atoms with Crippen molar-refractivity contribution in [3.8, 4) is 11.5 Å². The first-order chi connectivity index (χ1) is 21.6. The van der Waals surface area contributed by atoms with Gasteiger partial charge in [0.15, 0.2) is 22.5 Å². The highest BCUT2D eigenvalue weighted by Gasteiger charge is 2.60. The standard InChI is InChI=1S/C33H36N2O10/c1-2-41-33(11-12-33)31(10-8-21-6-4-3-5-7-21)13-16-34(17-14-31)15-9-22-18-23-26-28-27(22)43-24(36)19-32(40,29(38)44-28)20-25(37)45-35(26)30(39)42-23/h3-7,18,40H,2,8-17,19-20H2,1H3. The minimum Gasteiger partial charge on any atom is -0.422 e. The molecule has 1 aromatic heterocycles. The number of esters is 2. The number of hydrogen-bond donors (Lipinski definition) is 1. The predicted octanol–water partition coefficient (Wildman–Crippen LogP) is 2.73. The Morgan fingerprint density at radius 1 is 0.911 bits per heavy atom. The van der Waals surface area contributed by atoms with Crippen LogP contribution in [0.5, 0.6) is 11.5 Å². The fourth-order valence-electron chi connectivity index (χ4n) is 7.45. The number of rotatable bonds is 9. The summed E-state index contributed by atoms with van der Waals surface area (Å²) in [5, 5.41) is 10.9. The first-order valence-corrected chi connectivity index (χ1v) is 15.6. The summed E-state index contributed by atoms with van der Waals surface area (Å²) < 4.78 is 23.5. The van der Waals surface area contributed by atoms with Crippen LogP contribution in [0, 0.1) is 5.41 Å². The fourth-order valence-corrected chi connectivity index (χ4v) is 7.45. The number of ether oxygens (including phenoxy) is 3. The first kappa shape index (κ1) is 29.7. The number of hydrogen-bond acceptors (Lipinski definition) is 11. The van der Waals surface area contributed by atoms with Crippen molar-refractivity contribution in [1.29, 1.82) is 0 Å². The van der Waals surface area contributed by atoms with Crippen LogP contribution in [-0.4, -0.2) is 70.1 Å². The van der Waals surface area contributed by atoms with Crippen LogP contribution in [0.15, 0.2) is 45.6 Å². The Kier molecular flexibility index (Phi) is 7.33. The Morgan fingerprint density at radius 2 is 1.64 bits per heavy atom. The summed E-state index contributed by atoms with van der Waals surface area (Å²) in [6.07, 6.45) is 4.86. The highest BCUT2D eigenvalue weighted by Crippen LogP contribution is 2.60. The van der Waals surface area contributed by atoms with Gasteiger partial charge in [-0.25, -0.2) is 14.4 Å². The maximum atomic E-state index is 13.0. The van der Waals surface area contributed by atoms with E-state index in [0.29, 0.717) is 29.9 Å². The third kappa shape index (κ3) is 5.24. The van der Waals surface area contributed by atoms with Crippen LogP contribution in [0.2, 0.25) is 0 Å².